The number of hydrogen-bond acceptors (Lipinski definition) is 3. The van der Waals surface area contributed by atoms with E-state index >= 15 is 0 Å². The van der Waals surface area contributed by atoms with Crippen molar-refractivity contribution in [3.63, 3.8) is 0 Å². The Labute approximate surface area is 132 Å². The van der Waals surface area contributed by atoms with Crippen molar-refractivity contribution >= 4 is 17.5 Å². The van der Waals surface area contributed by atoms with Crippen molar-refractivity contribution in [1.29, 1.82) is 0 Å². The Kier molecular flexibility index (Phi) is 5.00. The van der Waals surface area contributed by atoms with Gasteiger partial charge >= 0.3 is 0 Å². The molecule has 1 atom stereocenters. The fourth-order valence-corrected chi connectivity index (χ4v) is 2.28. The Balaban J connectivity index is 2.16. The van der Waals surface area contributed by atoms with Gasteiger partial charge in [0, 0.05) is 10.6 Å². The van der Waals surface area contributed by atoms with Crippen LogP contribution in [0.2, 0.25) is 5.02 Å². The Bertz CT molecular complexity index is 706. The summed E-state index contributed by atoms with van der Waals surface area (Å²) in [5, 5.41) is 10.2. The zero-order valence-electron chi connectivity index (χ0n) is 11.8. The number of carbonyl (C=O) groups is 1. The van der Waals surface area contributed by atoms with Gasteiger partial charge in [0.25, 0.3) is 5.91 Å². The maximum atomic E-state index is 13.0. The maximum absolute atomic E-state index is 13.0. The fourth-order valence-electron chi connectivity index (χ4n) is 1.98. The van der Waals surface area contributed by atoms with E-state index in [4.69, 9.17) is 22.1 Å². The number of nitrogens with two attached hydrogens (primary N) is 1. The first-order valence-corrected chi connectivity index (χ1v) is 6.92. The summed E-state index contributed by atoms with van der Waals surface area (Å²) >= 11 is 5.88. The van der Waals surface area contributed by atoms with E-state index in [0.29, 0.717) is 5.56 Å². The van der Waals surface area contributed by atoms with Crippen molar-refractivity contribution in [3.05, 3.63) is 63.9 Å². The van der Waals surface area contributed by atoms with Crippen LogP contribution < -0.4 is 10.5 Å². The zero-order valence-corrected chi connectivity index (χ0v) is 12.6. The first-order chi connectivity index (χ1) is 10.4. The molecule has 6 heteroatoms. The van der Waals surface area contributed by atoms with Crippen molar-refractivity contribution in [2.45, 2.75) is 13.0 Å². The summed E-state index contributed by atoms with van der Waals surface area (Å²) in [5.74, 6) is -0.828. The van der Waals surface area contributed by atoms with Crippen molar-refractivity contribution in [2.75, 3.05) is 6.61 Å². The molecule has 0 aliphatic heterocycles. The summed E-state index contributed by atoms with van der Waals surface area (Å²) in [6, 6.07) is 8.65. The molecule has 0 aliphatic carbocycles. The van der Waals surface area contributed by atoms with Crippen LogP contribution in [0, 0.1) is 12.7 Å². The molecular formula is C16H15ClFNO3. The lowest BCUT2D eigenvalue weighted by Crippen LogP contribution is -2.16. The van der Waals surface area contributed by atoms with Gasteiger partial charge in [-0.3, -0.25) is 4.79 Å². The van der Waals surface area contributed by atoms with Gasteiger partial charge in [0.2, 0.25) is 0 Å². The predicted molar refractivity (Wildman–Crippen MR) is 81.6 cm³/mol. The third kappa shape index (κ3) is 3.75. The second kappa shape index (κ2) is 6.77. The van der Waals surface area contributed by atoms with E-state index in [1.54, 1.807) is 18.2 Å². The molecule has 0 aliphatic rings. The number of aliphatic hydroxyl groups excluding tert-OH is 1. The van der Waals surface area contributed by atoms with E-state index in [-0.39, 0.29) is 22.9 Å². The fraction of sp³-hybridized carbons (Fsp3) is 0.188. The van der Waals surface area contributed by atoms with Gasteiger partial charge in [0.15, 0.2) is 0 Å². The van der Waals surface area contributed by atoms with Gasteiger partial charge < -0.3 is 15.6 Å². The lowest BCUT2D eigenvalue weighted by Gasteiger charge is -2.16. The molecule has 22 heavy (non-hydrogen) atoms. The van der Waals surface area contributed by atoms with Gasteiger partial charge in [-0.05, 0) is 36.8 Å². The van der Waals surface area contributed by atoms with Crippen molar-refractivity contribution < 1.29 is 19.0 Å². The van der Waals surface area contributed by atoms with Gasteiger partial charge in [-0.25, -0.2) is 4.39 Å². The molecule has 0 fully saturated rings. The molecule has 0 radical (unpaired) electrons. The van der Waals surface area contributed by atoms with E-state index in [0.717, 1.165) is 11.6 Å². The molecular weight excluding hydrogens is 309 g/mol. The highest BCUT2D eigenvalue weighted by Crippen LogP contribution is 2.26. The minimum Gasteiger partial charge on any atom is -0.490 e. The molecule has 4 nitrogen and oxygen atoms in total. The quantitative estimate of drug-likeness (QED) is 0.888. The average molecular weight is 324 g/mol. The van der Waals surface area contributed by atoms with Gasteiger partial charge in [-0.15, -0.1) is 0 Å². The molecule has 1 amide bonds. The van der Waals surface area contributed by atoms with E-state index in [9.17, 15) is 14.3 Å². The van der Waals surface area contributed by atoms with E-state index in [1.807, 2.05) is 6.92 Å². The number of carbonyl (C=O) groups excluding carboxylic acids is 1. The van der Waals surface area contributed by atoms with Crippen LogP contribution in [0.1, 0.15) is 27.6 Å². The van der Waals surface area contributed by atoms with Crippen LogP contribution in [0.5, 0.6) is 5.75 Å². The van der Waals surface area contributed by atoms with Crippen molar-refractivity contribution in [3.8, 4) is 5.75 Å². The standard InChI is InChI=1S/C16H15ClFNO3/c1-9-2-4-12(16(19)21)15(6-9)22-8-14(20)11-5-3-10(18)7-13(11)17/h2-7,14,20H,8H2,1H3,(H2,19,21)/t14-/m0/s1. The van der Waals surface area contributed by atoms with Crippen LogP contribution in [0.4, 0.5) is 4.39 Å². The van der Waals surface area contributed by atoms with Gasteiger partial charge in [-0.2, -0.15) is 0 Å². The van der Waals surface area contributed by atoms with Crippen LogP contribution in [0.15, 0.2) is 36.4 Å². The van der Waals surface area contributed by atoms with Gasteiger partial charge in [0.1, 0.15) is 24.3 Å². The second-order valence-electron chi connectivity index (χ2n) is 4.86. The minimum atomic E-state index is -1.06. The zero-order chi connectivity index (χ0) is 16.3. The highest BCUT2D eigenvalue weighted by Gasteiger charge is 2.15. The largest absolute Gasteiger partial charge is 0.490 e. The van der Waals surface area contributed by atoms with Crippen LogP contribution in [0.25, 0.3) is 0 Å². The monoisotopic (exact) mass is 323 g/mol. The summed E-state index contributed by atoms with van der Waals surface area (Å²) in [6.45, 7) is 1.69. The average Bonchev–Trinajstić information content (AvgIpc) is 2.44. The molecule has 2 aromatic carbocycles. The molecule has 0 aromatic heterocycles. The minimum absolute atomic E-state index is 0.107. The number of benzene rings is 2. The molecule has 2 aromatic rings. The molecule has 0 bridgehead atoms. The number of ether oxygens (including phenoxy) is 1. The van der Waals surface area contributed by atoms with Crippen LogP contribution in [-0.4, -0.2) is 17.6 Å². The number of primary amides is 1. The predicted octanol–water partition coefficient (Wildman–Crippen LogP) is 3.00. The Morgan fingerprint density at radius 1 is 1.36 bits per heavy atom. The highest BCUT2D eigenvalue weighted by molar-refractivity contribution is 6.31. The SMILES string of the molecule is Cc1ccc(C(N)=O)c(OC[C@H](O)c2ccc(F)cc2Cl)c1. The summed E-state index contributed by atoms with van der Waals surface area (Å²) in [6.07, 6.45) is -1.06. The third-order valence-corrected chi connectivity index (χ3v) is 3.45. The maximum Gasteiger partial charge on any atom is 0.252 e. The Hall–Kier alpha value is -2.11. The van der Waals surface area contributed by atoms with Crippen LogP contribution in [-0.2, 0) is 0 Å². The topological polar surface area (TPSA) is 72.6 Å². The number of aliphatic hydroxyl groups is 1. The normalized spacial score (nSPS) is 12.0. The molecule has 2 rings (SSSR count). The van der Waals surface area contributed by atoms with Gasteiger partial charge in [-0.1, -0.05) is 23.7 Å². The number of halogens is 2. The number of hydrogen-bond donors (Lipinski definition) is 2. The summed E-state index contributed by atoms with van der Waals surface area (Å²) < 4.78 is 18.5. The number of aryl methyl sites for hydroxylation is 1. The molecule has 0 saturated heterocycles. The molecule has 116 valence electrons. The van der Waals surface area contributed by atoms with E-state index < -0.39 is 17.8 Å². The van der Waals surface area contributed by atoms with Crippen LogP contribution >= 0.6 is 11.6 Å². The highest BCUT2D eigenvalue weighted by atomic mass is 35.5. The summed E-state index contributed by atoms with van der Waals surface area (Å²) in [4.78, 5) is 11.4. The van der Waals surface area contributed by atoms with Crippen molar-refractivity contribution in [1.82, 2.24) is 0 Å². The lowest BCUT2D eigenvalue weighted by molar-refractivity contribution is 0.0967. The molecule has 0 spiro atoms. The van der Waals surface area contributed by atoms with Gasteiger partial charge in [0.05, 0.1) is 5.56 Å². The number of rotatable bonds is 5. The molecule has 0 heterocycles. The smallest absolute Gasteiger partial charge is 0.252 e. The summed E-state index contributed by atoms with van der Waals surface area (Å²) in [7, 11) is 0. The van der Waals surface area contributed by atoms with E-state index in [2.05, 4.69) is 0 Å². The molecule has 3 N–H and O–H groups in total. The lowest BCUT2D eigenvalue weighted by atomic mass is 10.1. The first-order valence-electron chi connectivity index (χ1n) is 6.54. The summed E-state index contributed by atoms with van der Waals surface area (Å²) in [5.41, 5.74) is 6.73. The second-order valence-corrected chi connectivity index (χ2v) is 5.26. The molecule has 0 saturated carbocycles. The van der Waals surface area contributed by atoms with Crippen LogP contribution in [0.3, 0.4) is 0 Å². The first kappa shape index (κ1) is 16.3. The van der Waals surface area contributed by atoms with Crippen molar-refractivity contribution in [2.24, 2.45) is 5.73 Å². The van der Waals surface area contributed by atoms with E-state index in [1.165, 1.54) is 12.1 Å². The molecule has 0 unspecified atom stereocenters. The third-order valence-electron chi connectivity index (χ3n) is 3.12. The Morgan fingerprint density at radius 2 is 2.09 bits per heavy atom. The number of amides is 1. The Morgan fingerprint density at radius 3 is 2.73 bits per heavy atom.